The molecule has 0 aromatic carbocycles. The lowest BCUT2D eigenvalue weighted by Crippen LogP contribution is -2.06. The predicted molar refractivity (Wildman–Crippen MR) is 68.2 cm³/mol. The van der Waals surface area contributed by atoms with E-state index in [1.165, 1.54) is 0 Å². The van der Waals surface area contributed by atoms with Gasteiger partial charge in [0.05, 0.1) is 17.6 Å². The fourth-order valence-corrected chi connectivity index (χ4v) is 1.60. The Labute approximate surface area is 105 Å². The van der Waals surface area contributed by atoms with Gasteiger partial charge in [-0.05, 0) is 37.6 Å². The summed E-state index contributed by atoms with van der Waals surface area (Å²) in [5, 5.41) is 12.1. The molecule has 0 spiro atoms. The average Bonchev–Trinajstić information content (AvgIpc) is 2.31. The highest BCUT2D eigenvalue weighted by Gasteiger charge is 2.12. The molecule has 2 aromatic rings. The summed E-state index contributed by atoms with van der Waals surface area (Å²) in [4.78, 5) is 19.2. The number of aromatic carboxylic acids is 1. The van der Waals surface area contributed by atoms with Gasteiger partial charge in [-0.1, -0.05) is 0 Å². The normalized spacial score (nSPS) is 10.1. The van der Waals surface area contributed by atoms with Gasteiger partial charge in [-0.3, -0.25) is 4.98 Å². The Morgan fingerprint density at radius 2 is 2.06 bits per heavy atom. The second kappa shape index (κ2) is 4.83. The molecule has 5 heteroatoms. The first-order valence-electron chi connectivity index (χ1n) is 5.46. The van der Waals surface area contributed by atoms with Crippen molar-refractivity contribution in [2.75, 3.05) is 5.32 Å². The van der Waals surface area contributed by atoms with Gasteiger partial charge in [0.15, 0.2) is 5.69 Å². The van der Waals surface area contributed by atoms with Crippen molar-refractivity contribution in [2.45, 2.75) is 13.8 Å². The van der Waals surface area contributed by atoms with E-state index in [1.54, 1.807) is 31.5 Å². The van der Waals surface area contributed by atoms with Crippen LogP contribution in [-0.4, -0.2) is 21.0 Å². The molecule has 2 heterocycles. The van der Waals surface area contributed by atoms with Crippen LogP contribution in [0.5, 0.6) is 0 Å². The number of rotatable bonds is 3. The van der Waals surface area contributed by atoms with Crippen LogP contribution in [0.2, 0.25) is 0 Å². The molecule has 92 valence electrons. The van der Waals surface area contributed by atoms with E-state index in [0.717, 1.165) is 11.3 Å². The number of carboxylic acids is 1. The molecule has 5 nitrogen and oxygen atoms in total. The van der Waals surface area contributed by atoms with E-state index in [0.29, 0.717) is 11.4 Å². The van der Waals surface area contributed by atoms with Crippen LogP contribution in [0.1, 0.15) is 21.7 Å². The number of hydrogen-bond donors (Lipinski definition) is 2. The van der Waals surface area contributed by atoms with Crippen molar-refractivity contribution in [1.82, 2.24) is 9.97 Å². The second-order valence-corrected chi connectivity index (χ2v) is 4.03. The highest BCUT2D eigenvalue weighted by Crippen LogP contribution is 2.20. The van der Waals surface area contributed by atoms with E-state index in [9.17, 15) is 4.79 Å². The summed E-state index contributed by atoms with van der Waals surface area (Å²) in [6.45, 7) is 3.67. The van der Waals surface area contributed by atoms with Gasteiger partial charge in [0.2, 0.25) is 0 Å². The van der Waals surface area contributed by atoms with Crippen LogP contribution in [0.3, 0.4) is 0 Å². The van der Waals surface area contributed by atoms with Crippen molar-refractivity contribution in [3.8, 4) is 0 Å². The summed E-state index contributed by atoms with van der Waals surface area (Å²) in [7, 11) is 0. The maximum Gasteiger partial charge on any atom is 0.356 e. The summed E-state index contributed by atoms with van der Waals surface area (Å²) >= 11 is 0. The number of carboxylic acid groups (broad SMARTS) is 1. The molecular weight excluding hydrogens is 230 g/mol. The Hall–Kier alpha value is -2.43. The summed E-state index contributed by atoms with van der Waals surface area (Å²) in [5.74, 6) is -1.05. The maximum absolute atomic E-state index is 11.1. The molecule has 2 N–H and O–H groups in total. The lowest BCUT2D eigenvalue weighted by Gasteiger charge is -2.09. The quantitative estimate of drug-likeness (QED) is 0.866. The zero-order valence-corrected chi connectivity index (χ0v) is 10.1. The zero-order valence-electron chi connectivity index (χ0n) is 10.1. The Morgan fingerprint density at radius 1 is 1.28 bits per heavy atom. The molecule has 0 unspecified atom stereocenters. The van der Waals surface area contributed by atoms with Gasteiger partial charge in [0, 0.05) is 11.9 Å². The first-order valence-corrected chi connectivity index (χ1v) is 5.46. The molecule has 0 saturated carbocycles. The monoisotopic (exact) mass is 243 g/mol. The van der Waals surface area contributed by atoms with E-state index in [-0.39, 0.29) is 5.69 Å². The van der Waals surface area contributed by atoms with Gasteiger partial charge in [-0.25, -0.2) is 9.78 Å². The van der Waals surface area contributed by atoms with Crippen molar-refractivity contribution < 1.29 is 9.90 Å². The minimum absolute atomic E-state index is 0.0107. The third-order valence-electron chi connectivity index (χ3n) is 2.39. The van der Waals surface area contributed by atoms with Gasteiger partial charge in [0.1, 0.15) is 0 Å². The van der Waals surface area contributed by atoms with Crippen molar-refractivity contribution in [3.05, 3.63) is 47.5 Å². The lowest BCUT2D eigenvalue weighted by atomic mass is 10.2. The maximum atomic E-state index is 11.1. The fourth-order valence-electron chi connectivity index (χ4n) is 1.60. The molecule has 0 amide bonds. The minimum Gasteiger partial charge on any atom is -0.476 e. The third kappa shape index (κ3) is 2.63. The van der Waals surface area contributed by atoms with Crippen LogP contribution in [0.25, 0.3) is 0 Å². The number of anilines is 2. The standard InChI is InChI=1S/C13H13N3O2/c1-8-5-10(7-14-6-8)16-11-4-3-9(2)15-12(11)13(17)18/h3-7,16H,1-2H3,(H,17,18). The van der Waals surface area contributed by atoms with E-state index in [2.05, 4.69) is 15.3 Å². The summed E-state index contributed by atoms with van der Waals surface area (Å²) in [5.41, 5.74) is 2.87. The molecule has 0 saturated heterocycles. The van der Waals surface area contributed by atoms with Gasteiger partial charge in [0.25, 0.3) is 0 Å². The predicted octanol–water partition coefficient (Wildman–Crippen LogP) is 2.54. The number of hydrogen-bond acceptors (Lipinski definition) is 4. The zero-order chi connectivity index (χ0) is 13.1. The molecular formula is C13H13N3O2. The van der Waals surface area contributed by atoms with E-state index in [1.807, 2.05) is 13.0 Å². The molecule has 0 aliphatic rings. The first-order chi connectivity index (χ1) is 8.56. The molecule has 0 aliphatic heterocycles. The van der Waals surface area contributed by atoms with Crippen LogP contribution >= 0.6 is 0 Å². The van der Waals surface area contributed by atoms with Crippen LogP contribution in [-0.2, 0) is 0 Å². The lowest BCUT2D eigenvalue weighted by molar-refractivity contribution is 0.0691. The minimum atomic E-state index is -1.05. The summed E-state index contributed by atoms with van der Waals surface area (Å²) < 4.78 is 0. The van der Waals surface area contributed by atoms with Crippen molar-refractivity contribution in [2.24, 2.45) is 0 Å². The van der Waals surface area contributed by atoms with Crippen molar-refractivity contribution in [1.29, 1.82) is 0 Å². The van der Waals surface area contributed by atoms with Crippen LogP contribution < -0.4 is 5.32 Å². The molecule has 0 radical (unpaired) electrons. The molecule has 0 fully saturated rings. The summed E-state index contributed by atoms with van der Waals surface area (Å²) in [6, 6.07) is 5.35. The molecule has 18 heavy (non-hydrogen) atoms. The average molecular weight is 243 g/mol. The number of aryl methyl sites for hydroxylation is 2. The van der Waals surface area contributed by atoms with Gasteiger partial charge in [-0.15, -0.1) is 0 Å². The summed E-state index contributed by atoms with van der Waals surface area (Å²) in [6.07, 6.45) is 3.37. The van der Waals surface area contributed by atoms with Crippen molar-refractivity contribution >= 4 is 17.3 Å². The number of nitrogens with zero attached hydrogens (tertiary/aromatic N) is 2. The fraction of sp³-hybridized carbons (Fsp3) is 0.154. The number of nitrogens with one attached hydrogen (secondary N) is 1. The Kier molecular flexibility index (Phi) is 3.23. The van der Waals surface area contributed by atoms with E-state index in [4.69, 9.17) is 5.11 Å². The molecule has 2 aromatic heterocycles. The Morgan fingerprint density at radius 3 is 2.72 bits per heavy atom. The molecule has 0 atom stereocenters. The largest absolute Gasteiger partial charge is 0.476 e. The Bertz CT molecular complexity index is 597. The topological polar surface area (TPSA) is 75.1 Å². The first kappa shape index (κ1) is 12.0. The van der Waals surface area contributed by atoms with Gasteiger partial charge >= 0.3 is 5.97 Å². The SMILES string of the molecule is Cc1cncc(Nc2ccc(C)nc2C(=O)O)c1. The number of carbonyl (C=O) groups is 1. The van der Waals surface area contributed by atoms with Gasteiger partial charge < -0.3 is 10.4 Å². The molecule has 2 rings (SSSR count). The van der Waals surface area contributed by atoms with Crippen LogP contribution in [0.4, 0.5) is 11.4 Å². The van der Waals surface area contributed by atoms with E-state index < -0.39 is 5.97 Å². The van der Waals surface area contributed by atoms with Crippen LogP contribution in [0.15, 0.2) is 30.6 Å². The van der Waals surface area contributed by atoms with E-state index >= 15 is 0 Å². The third-order valence-corrected chi connectivity index (χ3v) is 2.39. The smallest absolute Gasteiger partial charge is 0.356 e. The second-order valence-electron chi connectivity index (χ2n) is 4.03. The highest BCUT2D eigenvalue weighted by molar-refractivity contribution is 5.93. The van der Waals surface area contributed by atoms with Crippen LogP contribution in [0, 0.1) is 13.8 Å². The number of aromatic nitrogens is 2. The van der Waals surface area contributed by atoms with Gasteiger partial charge in [-0.2, -0.15) is 0 Å². The highest BCUT2D eigenvalue weighted by atomic mass is 16.4. The molecule has 0 aliphatic carbocycles. The molecule has 0 bridgehead atoms. The van der Waals surface area contributed by atoms with Crippen molar-refractivity contribution in [3.63, 3.8) is 0 Å². The number of pyridine rings is 2. The Balaban J connectivity index is 2.37.